The number of nitrogens with one attached hydrogen (secondary N) is 1. The quantitative estimate of drug-likeness (QED) is 0.880. The van der Waals surface area contributed by atoms with Gasteiger partial charge in [-0.25, -0.2) is 4.98 Å². The zero-order valence-corrected chi connectivity index (χ0v) is 13.8. The second-order valence-electron chi connectivity index (χ2n) is 6.77. The lowest BCUT2D eigenvalue weighted by atomic mass is 10.1. The largest absolute Gasteiger partial charge is 0.481 e. The molecule has 126 valence electrons. The normalized spacial score (nSPS) is 22.6. The van der Waals surface area contributed by atoms with Crippen molar-refractivity contribution in [2.75, 3.05) is 0 Å². The van der Waals surface area contributed by atoms with Crippen LogP contribution in [0.2, 0.25) is 0 Å². The average Bonchev–Trinajstić information content (AvgIpc) is 2.90. The maximum Gasteiger partial charge on any atom is 0.307 e. The Balaban J connectivity index is 1.68. The first-order valence-corrected chi connectivity index (χ1v) is 7.86. The summed E-state index contributed by atoms with van der Waals surface area (Å²) < 4.78 is 5.72. The fraction of sp³-hybridized carbons (Fsp3) is 0.389. The van der Waals surface area contributed by atoms with Gasteiger partial charge in [0.25, 0.3) is 0 Å². The molecule has 0 bridgehead atoms. The van der Waals surface area contributed by atoms with E-state index in [2.05, 4.69) is 10.3 Å². The van der Waals surface area contributed by atoms with Crippen LogP contribution in [-0.4, -0.2) is 22.0 Å². The zero-order valence-electron chi connectivity index (χ0n) is 13.8. The lowest BCUT2D eigenvalue weighted by molar-refractivity contribution is -0.140. The van der Waals surface area contributed by atoms with Crippen LogP contribution >= 0.6 is 0 Å². The fourth-order valence-electron chi connectivity index (χ4n) is 3.18. The number of carbonyl (C=O) groups excluding carboxylic acids is 1. The fourth-order valence-corrected chi connectivity index (χ4v) is 3.18. The van der Waals surface area contributed by atoms with Crippen molar-refractivity contribution in [3.8, 4) is 11.3 Å². The van der Waals surface area contributed by atoms with E-state index in [1.807, 2.05) is 30.3 Å². The van der Waals surface area contributed by atoms with Gasteiger partial charge in [-0.3, -0.25) is 9.59 Å². The first kappa shape index (κ1) is 16.2. The summed E-state index contributed by atoms with van der Waals surface area (Å²) in [5, 5.41) is 12.0. The topological polar surface area (TPSA) is 92.4 Å². The van der Waals surface area contributed by atoms with Crippen LogP contribution < -0.4 is 5.32 Å². The molecule has 1 heterocycles. The summed E-state index contributed by atoms with van der Waals surface area (Å²) in [5.74, 6) is -1.36. The van der Waals surface area contributed by atoms with Gasteiger partial charge in [-0.05, 0) is 12.3 Å². The first-order chi connectivity index (χ1) is 11.3. The summed E-state index contributed by atoms with van der Waals surface area (Å²) in [7, 11) is 0. The third-order valence-corrected chi connectivity index (χ3v) is 4.69. The summed E-state index contributed by atoms with van der Waals surface area (Å²) in [6.45, 7) is 5.35. The lowest BCUT2D eigenvalue weighted by Crippen LogP contribution is -2.30. The third kappa shape index (κ3) is 2.79. The molecule has 1 saturated carbocycles. The van der Waals surface area contributed by atoms with Gasteiger partial charge < -0.3 is 14.8 Å². The Kier molecular flexibility index (Phi) is 3.91. The van der Waals surface area contributed by atoms with E-state index < -0.39 is 29.3 Å². The van der Waals surface area contributed by atoms with E-state index in [9.17, 15) is 14.7 Å². The predicted octanol–water partition coefficient (Wildman–Crippen LogP) is 2.88. The molecule has 6 heteroatoms. The molecule has 3 rings (SSSR count). The Labute approximate surface area is 139 Å². The Morgan fingerprint density at radius 3 is 2.50 bits per heavy atom. The van der Waals surface area contributed by atoms with Crippen LogP contribution in [0.5, 0.6) is 0 Å². The summed E-state index contributed by atoms with van der Waals surface area (Å²) in [5.41, 5.74) is 0.380. The monoisotopic (exact) mass is 328 g/mol. The van der Waals surface area contributed by atoms with Gasteiger partial charge >= 0.3 is 5.97 Å². The van der Waals surface area contributed by atoms with Gasteiger partial charge in [0.1, 0.15) is 6.04 Å². The van der Waals surface area contributed by atoms with E-state index in [1.165, 1.54) is 0 Å². The van der Waals surface area contributed by atoms with Crippen LogP contribution in [0, 0.1) is 17.3 Å². The van der Waals surface area contributed by atoms with Gasteiger partial charge in [0.15, 0.2) is 5.76 Å². The van der Waals surface area contributed by atoms with Crippen molar-refractivity contribution in [3.05, 3.63) is 42.4 Å². The van der Waals surface area contributed by atoms with Gasteiger partial charge in [-0.1, -0.05) is 44.2 Å². The molecular formula is C18H20N2O4. The summed E-state index contributed by atoms with van der Waals surface area (Å²) in [6.07, 6.45) is 1.62. The Morgan fingerprint density at radius 1 is 1.25 bits per heavy atom. The van der Waals surface area contributed by atoms with Crippen LogP contribution in [-0.2, 0) is 9.59 Å². The molecular weight excluding hydrogens is 308 g/mol. The number of carboxylic acids is 1. The van der Waals surface area contributed by atoms with Crippen LogP contribution in [0.15, 0.2) is 40.9 Å². The Hall–Kier alpha value is -2.63. The molecule has 1 amide bonds. The minimum atomic E-state index is -0.935. The number of aromatic nitrogens is 1. The molecule has 0 radical (unpaired) electrons. The highest BCUT2D eigenvalue weighted by atomic mass is 16.4. The standard InChI is InChI=1S/C18H20N2O4/c1-10(20-15(21)13-14(17(22)23)18(13,2)3)16-19-9-12(24-16)11-7-5-4-6-8-11/h4-10,13-14H,1-3H3,(H,20,21)(H,22,23)/t10?,13-,14+/m0/s1. The summed E-state index contributed by atoms with van der Waals surface area (Å²) >= 11 is 0. The van der Waals surface area contributed by atoms with Crippen LogP contribution in [0.1, 0.15) is 32.7 Å². The molecule has 1 unspecified atom stereocenters. The number of carboxylic acid groups (broad SMARTS) is 1. The van der Waals surface area contributed by atoms with E-state index in [4.69, 9.17) is 4.42 Å². The second kappa shape index (κ2) is 5.78. The van der Waals surface area contributed by atoms with Gasteiger partial charge in [0, 0.05) is 5.56 Å². The summed E-state index contributed by atoms with van der Waals surface area (Å²) in [4.78, 5) is 27.8. The van der Waals surface area contributed by atoms with E-state index in [-0.39, 0.29) is 5.91 Å². The molecule has 1 aromatic heterocycles. The van der Waals surface area contributed by atoms with Crippen LogP contribution in [0.25, 0.3) is 11.3 Å². The first-order valence-electron chi connectivity index (χ1n) is 7.86. The molecule has 1 aliphatic rings. The maximum atomic E-state index is 12.4. The highest BCUT2D eigenvalue weighted by Gasteiger charge is 2.66. The number of carbonyl (C=O) groups is 2. The summed E-state index contributed by atoms with van der Waals surface area (Å²) in [6, 6.07) is 9.13. The van der Waals surface area contributed by atoms with E-state index in [0.717, 1.165) is 5.56 Å². The molecule has 0 saturated heterocycles. The lowest BCUT2D eigenvalue weighted by Gasteiger charge is -2.11. The molecule has 24 heavy (non-hydrogen) atoms. The molecule has 2 aromatic rings. The highest BCUT2D eigenvalue weighted by Crippen LogP contribution is 2.58. The maximum absolute atomic E-state index is 12.4. The average molecular weight is 328 g/mol. The molecule has 0 aliphatic heterocycles. The smallest absolute Gasteiger partial charge is 0.307 e. The van der Waals surface area contributed by atoms with E-state index in [1.54, 1.807) is 27.0 Å². The van der Waals surface area contributed by atoms with Crippen molar-refractivity contribution in [2.24, 2.45) is 17.3 Å². The Morgan fingerprint density at radius 2 is 1.92 bits per heavy atom. The zero-order chi connectivity index (χ0) is 17.5. The van der Waals surface area contributed by atoms with Gasteiger partial charge in [0.2, 0.25) is 11.8 Å². The number of amides is 1. The minimum absolute atomic E-state index is 0.278. The molecule has 1 fully saturated rings. The predicted molar refractivity (Wildman–Crippen MR) is 86.9 cm³/mol. The number of aliphatic carboxylic acids is 1. The van der Waals surface area contributed by atoms with E-state index in [0.29, 0.717) is 11.7 Å². The number of nitrogens with zero attached hydrogens (tertiary/aromatic N) is 1. The molecule has 2 N–H and O–H groups in total. The van der Waals surface area contributed by atoms with Crippen molar-refractivity contribution in [1.29, 1.82) is 0 Å². The highest BCUT2D eigenvalue weighted by molar-refractivity contribution is 5.91. The van der Waals surface area contributed by atoms with Gasteiger partial charge in [-0.2, -0.15) is 0 Å². The SMILES string of the molecule is CC(NC(=O)[C@@H]1[C@H](C(=O)O)C1(C)C)c1ncc(-c2ccccc2)o1. The minimum Gasteiger partial charge on any atom is -0.481 e. The number of hydrogen-bond donors (Lipinski definition) is 2. The molecule has 6 nitrogen and oxygen atoms in total. The number of hydrogen-bond acceptors (Lipinski definition) is 4. The molecule has 1 aromatic carbocycles. The molecule has 1 aliphatic carbocycles. The third-order valence-electron chi connectivity index (χ3n) is 4.69. The van der Waals surface area contributed by atoms with Crippen molar-refractivity contribution < 1.29 is 19.1 Å². The number of rotatable bonds is 5. The molecule has 0 spiro atoms. The van der Waals surface area contributed by atoms with Crippen molar-refractivity contribution in [2.45, 2.75) is 26.8 Å². The van der Waals surface area contributed by atoms with Gasteiger partial charge in [0.05, 0.1) is 18.0 Å². The van der Waals surface area contributed by atoms with Crippen molar-refractivity contribution >= 4 is 11.9 Å². The van der Waals surface area contributed by atoms with Crippen LogP contribution in [0.4, 0.5) is 0 Å². The van der Waals surface area contributed by atoms with E-state index >= 15 is 0 Å². The second-order valence-corrected chi connectivity index (χ2v) is 6.77. The van der Waals surface area contributed by atoms with Crippen molar-refractivity contribution in [1.82, 2.24) is 10.3 Å². The number of benzene rings is 1. The van der Waals surface area contributed by atoms with Gasteiger partial charge in [-0.15, -0.1) is 0 Å². The van der Waals surface area contributed by atoms with Crippen LogP contribution in [0.3, 0.4) is 0 Å². The number of oxazole rings is 1. The molecule has 3 atom stereocenters. The Bertz CT molecular complexity index is 766. The van der Waals surface area contributed by atoms with Crippen molar-refractivity contribution in [3.63, 3.8) is 0 Å².